The lowest BCUT2D eigenvalue weighted by Gasteiger charge is -2.35. The van der Waals surface area contributed by atoms with Crippen molar-refractivity contribution >= 4 is 38.6 Å². The Morgan fingerprint density at radius 3 is 2.71 bits per heavy atom. The van der Waals surface area contributed by atoms with Gasteiger partial charge in [-0.2, -0.15) is 0 Å². The third-order valence-corrected chi connectivity index (χ3v) is 5.39. The van der Waals surface area contributed by atoms with Gasteiger partial charge in [-0.05, 0) is 28.1 Å². The number of carbonyl (C=O) groups is 2. The Balaban J connectivity index is 1.86. The van der Waals surface area contributed by atoms with E-state index >= 15 is 0 Å². The molecule has 8 heteroatoms. The number of amides is 2. The highest BCUT2D eigenvalue weighted by Gasteiger charge is 2.36. The molecule has 1 saturated heterocycles. The van der Waals surface area contributed by atoms with Crippen LogP contribution in [0.3, 0.4) is 0 Å². The number of rotatable bonds is 2. The number of hydrogen-bond donors (Lipinski definition) is 2. The van der Waals surface area contributed by atoms with Gasteiger partial charge in [0.2, 0.25) is 11.5 Å². The van der Waals surface area contributed by atoms with Gasteiger partial charge in [0.15, 0.2) is 0 Å². The van der Waals surface area contributed by atoms with Gasteiger partial charge in [-0.25, -0.2) is 4.39 Å². The van der Waals surface area contributed by atoms with Gasteiger partial charge < -0.3 is 15.2 Å². The molecule has 1 aromatic heterocycles. The first-order valence-electron chi connectivity index (χ1n) is 8.62. The minimum Gasteiger partial charge on any atom is -0.352 e. The molecular formula is C20H15BrFN3O3. The van der Waals surface area contributed by atoms with E-state index in [0.717, 1.165) is 0 Å². The molecule has 0 spiro atoms. The van der Waals surface area contributed by atoms with E-state index in [1.165, 1.54) is 29.2 Å². The summed E-state index contributed by atoms with van der Waals surface area (Å²) in [6, 6.07) is 11.2. The number of para-hydroxylation sites is 1. The number of hydrogen-bond acceptors (Lipinski definition) is 3. The molecule has 28 heavy (non-hydrogen) atoms. The molecule has 2 heterocycles. The fourth-order valence-corrected chi connectivity index (χ4v) is 3.93. The average molecular weight is 444 g/mol. The van der Waals surface area contributed by atoms with Crippen LogP contribution in [0.1, 0.15) is 22.0 Å². The van der Waals surface area contributed by atoms with Crippen LogP contribution in [0.25, 0.3) is 10.9 Å². The number of halogens is 2. The van der Waals surface area contributed by atoms with Gasteiger partial charge >= 0.3 is 0 Å². The van der Waals surface area contributed by atoms with Crippen LogP contribution in [0.2, 0.25) is 0 Å². The van der Waals surface area contributed by atoms with Gasteiger partial charge in [0.05, 0.1) is 11.1 Å². The molecule has 1 aliphatic rings. The fourth-order valence-electron chi connectivity index (χ4n) is 3.47. The van der Waals surface area contributed by atoms with Gasteiger partial charge in [0.25, 0.3) is 5.91 Å². The molecule has 0 bridgehead atoms. The van der Waals surface area contributed by atoms with Crippen LogP contribution in [0.4, 0.5) is 4.39 Å². The molecule has 2 N–H and O–H groups in total. The van der Waals surface area contributed by atoms with E-state index < -0.39 is 29.2 Å². The van der Waals surface area contributed by atoms with Gasteiger partial charge in [-0.1, -0.05) is 30.3 Å². The number of nitrogens with one attached hydrogen (secondary N) is 2. The zero-order valence-electron chi connectivity index (χ0n) is 14.5. The lowest BCUT2D eigenvalue weighted by atomic mass is 9.99. The summed E-state index contributed by atoms with van der Waals surface area (Å²) in [6.07, 6.45) is 0. The summed E-state index contributed by atoms with van der Waals surface area (Å²) in [5, 5.41) is 3.22. The van der Waals surface area contributed by atoms with Crippen LogP contribution in [-0.2, 0) is 4.79 Å². The van der Waals surface area contributed by atoms with Crippen molar-refractivity contribution in [3.63, 3.8) is 0 Å². The number of aromatic amines is 1. The third kappa shape index (κ3) is 3.09. The number of H-pyrrole nitrogens is 1. The Morgan fingerprint density at radius 1 is 1.14 bits per heavy atom. The van der Waals surface area contributed by atoms with Crippen LogP contribution in [0.15, 0.2) is 57.8 Å². The quantitative estimate of drug-likeness (QED) is 0.638. The Hall–Kier alpha value is -3.00. The maximum absolute atomic E-state index is 14.4. The Labute approximate surface area is 167 Å². The van der Waals surface area contributed by atoms with Crippen molar-refractivity contribution in [1.29, 1.82) is 0 Å². The monoisotopic (exact) mass is 443 g/mol. The summed E-state index contributed by atoms with van der Waals surface area (Å²) < 4.78 is 15.0. The van der Waals surface area contributed by atoms with Crippen molar-refractivity contribution in [3.8, 4) is 0 Å². The van der Waals surface area contributed by atoms with Crippen LogP contribution in [0.5, 0.6) is 0 Å². The highest BCUT2D eigenvalue weighted by Crippen LogP contribution is 2.29. The molecule has 1 aliphatic heterocycles. The minimum absolute atomic E-state index is 0.114. The zero-order chi connectivity index (χ0) is 19.8. The Kier molecular flexibility index (Phi) is 4.72. The number of piperazine rings is 1. The minimum atomic E-state index is -1.11. The summed E-state index contributed by atoms with van der Waals surface area (Å²) in [5.74, 6) is -1.53. The lowest BCUT2D eigenvalue weighted by Crippen LogP contribution is -2.52. The highest BCUT2D eigenvalue weighted by atomic mass is 79.9. The fraction of sp³-hybridized carbons (Fsp3) is 0.150. The molecule has 142 valence electrons. The summed E-state index contributed by atoms with van der Waals surface area (Å²) in [6.45, 7) is 0.451. The molecule has 2 amide bonds. The van der Waals surface area contributed by atoms with Gasteiger partial charge in [0, 0.05) is 34.6 Å². The van der Waals surface area contributed by atoms with E-state index in [2.05, 4.69) is 26.2 Å². The Bertz CT molecular complexity index is 1160. The number of nitrogens with zero attached hydrogens (tertiary/aromatic N) is 1. The second-order valence-corrected chi connectivity index (χ2v) is 7.28. The van der Waals surface area contributed by atoms with Crippen molar-refractivity contribution in [2.45, 2.75) is 6.04 Å². The number of aromatic nitrogens is 1. The number of pyridine rings is 1. The molecule has 6 nitrogen and oxygen atoms in total. The molecular weight excluding hydrogens is 429 g/mol. The SMILES string of the molecule is O=C1NCCN(C(=O)c2cc(=O)[nH]c3c(Br)cccc23)C1c1ccccc1F. The van der Waals surface area contributed by atoms with Crippen molar-refractivity contribution in [3.05, 3.63) is 80.3 Å². The number of fused-ring (bicyclic) bond motifs is 1. The van der Waals surface area contributed by atoms with Gasteiger partial charge in [-0.3, -0.25) is 14.4 Å². The number of benzene rings is 2. The summed E-state index contributed by atoms with van der Waals surface area (Å²) in [4.78, 5) is 42.0. The third-order valence-electron chi connectivity index (χ3n) is 4.73. The highest BCUT2D eigenvalue weighted by molar-refractivity contribution is 9.10. The standard InChI is InChI=1S/C20H15BrFN3O3/c21-14-6-3-5-11-13(10-16(26)24-17(11)14)20(28)25-9-8-23-19(27)18(25)12-4-1-2-7-15(12)22/h1-7,10,18H,8-9H2,(H,23,27)(H,24,26). The normalized spacial score (nSPS) is 16.9. The zero-order valence-corrected chi connectivity index (χ0v) is 16.1. The maximum Gasteiger partial charge on any atom is 0.255 e. The second-order valence-electron chi connectivity index (χ2n) is 6.42. The number of carbonyl (C=O) groups excluding carboxylic acids is 2. The molecule has 2 aromatic carbocycles. The van der Waals surface area contributed by atoms with E-state index in [1.807, 2.05) is 0 Å². The smallest absolute Gasteiger partial charge is 0.255 e. The average Bonchev–Trinajstić information content (AvgIpc) is 2.68. The largest absolute Gasteiger partial charge is 0.352 e. The van der Waals surface area contributed by atoms with Crippen LogP contribution >= 0.6 is 15.9 Å². The van der Waals surface area contributed by atoms with Crippen LogP contribution < -0.4 is 10.9 Å². The lowest BCUT2D eigenvalue weighted by molar-refractivity contribution is -0.128. The molecule has 1 atom stereocenters. The van der Waals surface area contributed by atoms with E-state index in [0.29, 0.717) is 15.4 Å². The van der Waals surface area contributed by atoms with Gasteiger partial charge in [0.1, 0.15) is 11.9 Å². The molecule has 0 saturated carbocycles. The van der Waals surface area contributed by atoms with E-state index in [-0.39, 0.29) is 24.2 Å². The molecule has 3 aromatic rings. The molecule has 0 aliphatic carbocycles. The predicted octanol–water partition coefficient (Wildman–Crippen LogP) is 2.74. The van der Waals surface area contributed by atoms with Gasteiger partial charge in [-0.15, -0.1) is 0 Å². The van der Waals surface area contributed by atoms with Crippen molar-refractivity contribution in [2.75, 3.05) is 13.1 Å². The topological polar surface area (TPSA) is 82.3 Å². The first kappa shape index (κ1) is 18.4. The summed E-state index contributed by atoms with van der Waals surface area (Å²) in [5.41, 5.74) is 0.327. The first-order chi connectivity index (χ1) is 13.5. The van der Waals surface area contributed by atoms with Crippen LogP contribution in [-0.4, -0.2) is 34.8 Å². The molecule has 1 unspecified atom stereocenters. The van der Waals surface area contributed by atoms with E-state index in [1.54, 1.807) is 24.3 Å². The van der Waals surface area contributed by atoms with E-state index in [9.17, 15) is 18.8 Å². The molecule has 1 fully saturated rings. The van der Waals surface area contributed by atoms with Crippen molar-refractivity contribution < 1.29 is 14.0 Å². The second kappa shape index (κ2) is 7.20. The van der Waals surface area contributed by atoms with E-state index in [4.69, 9.17) is 0 Å². The van der Waals surface area contributed by atoms with Crippen LogP contribution in [0, 0.1) is 5.82 Å². The molecule has 0 radical (unpaired) electrons. The summed E-state index contributed by atoms with van der Waals surface area (Å²) in [7, 11) is 0. The van der Waals surface area contributed by atoms with Crippen molar-refractivity contribution in [2.24, 2.45) is 0 Å². The molecule has 4 rings (SSSR count). The first-order valence-corrected chi connectivity index (χ1v) is 9.41. The summed E-state index contributed by atoms with van der Waals surface area (Å²) >= 11 is 3.37. The maximum atomic E-state index is 14.4. The van der Waals surface area contributed by atoms with Crippen molar-refractivity contribution in [1.82, 2.24) is 15.2 Å². The Morgan fingerprint density at radius 2 is 1.93 bits per heavy atom. The predicted molar refractivity (Wildman–Crippen MR) is 105 cm³/mol.